The van der Waals surface area contributed by atoms with Crippen molar-refractivity contribution >= 4 is 33.1 Å². The first-order valence-electron chi connectivity index (χ1n) is 9.74. The largest absolute Gasteiger partial charge is 0.397 e. The summed E-state index contributed by atoms with van der Waals surface area (Å²) < 4.78 is 2.02. The molecule has 0 aliphatic heterocycles. The van der Waals surface area contributed by atoms with Gasteiger partial charge in [0, 0.05) is 29.3 Å². The zero-order chi connectivity index (χ0) is 21.4. The summed E-state index contributed by atoms with van der Waals surface area (Å²) in [5, 5.41) is 0.712. The summed E-state index contributed by atoms with van der Waals surface area (Å²) in [5.74, 6) is -0.553. The van der Waals surface area contributed by atoms with E-state index >= 15 is 0 Å². The van der Waals surface area contributed by atoms with Crippen molar-refractivity contribution in [3.63, 3.8) is 0 Å². The van der Waals surface area contributed by atoms with Gasteiger partial charge >= 0.3 is 0 Å². The van der Waals surface area contributed by atoms with Crippen molar-refractivity contribution in [3.05, 3.63) is 89.7 Å². The van der Waals surface area contributed by atoms with Crippen LogP contribution in [0.2, 0.25) is 0 Å². The number of pyridine rings is 1. The van der Waals surface area contributed by atoms with Gasteiger partial charge in [-0.1, -0.05) is 60.7 Å². The maximum atomic E-state index is 11.9. The second kappa shape index (κ2) is 7.70. The molecule has 5 rings (SSSR count). The van der Waals surface area contributed by atoms with Gasteiger partial charge in [-0.25, -0.2) is 9.97 Å². The first-order valence-corrected chi connectivity index (χ1v) is 10.6. The number of carbonyl (C=O) groups excluding carboxylic acids is 1. The number of nitrogens with two attached hydrogens (primary N) is 2. The molecule has 3 aromatic heterocycles. The van der Waals surface area contributed by atoms with Crippen LogP contribution < -0.4 is 11.5 Å². The van der Waals surface area contributed by atoms with Crippen LogP contribution in [0.1, 0.15) is 15.2 Å². The lowest BCUT2D eigenvalue weighted by Gasteiger charge is -2.07. The fourth-order valence-electron chi connectivity index (χ4n) is 3.64. The number of thiophene rings is 1. The van der Waals surface area contributed by atoms with E-state index in [-0.39, 0.29) is 0 Å². The Balaban J connectivity index is 1.67. The highest BCUT2D eigenvalue weighted by atomic mass is 32.1. The molecule has 6 nitrogen and oxygen atoms in total. The van der Waals surface area contributed by atoms with Gasteiger partial charge in [-0.3, -0.25) is 4.79 Å². The van der Waals surface area contributed by atoms with Crippen molar-refractivity contribution in [2.45, 2.75) is 6.54 Å². The van der Waals surface area contributed by atoms with Crippen LogP contribution >= 0.6 is 11.3 Å². The van der Waals surface area contributed by atoms with E-state index in [0.717, 1.165) is 22.5 Å². The second-order valence-electron chi connectivity index (χ2n) is 7.23. The summed E-state index contributed by atoms with van der Waals surface area (Å²) in [6.07, 6.45) is 3.78. The van der Waals surface area contributed by atoms with Crippen LogP contribution in [0.4, 0.5) is 5.69 Å². The highest BCUT2D eigenvalue weighted by Gasteiger charge is 2.21. The average molecular weight is 426 g/mol. The molecule has 3 heterocycles. The molecule has 0 saturated carbocycles. The number of primary amides is 1. The van der Waals surface area contributed by atoms with Gasteiger partial charge in [0.2, 0.25) is 0 Å². The van der Waals surface area contributed by atoms with E-state index in [9.17, 15) is 4.79 Å². The third-order valence-corrected chi connectivity index (χ3v) is 6.22. The minimum Gasteiger partial charge on any atom is -0.397 e. The summed E-state index contributed by atoms with van der Waals surface area (Å²) in [6.45, 7) is 0.708. The fourth-order valence-corrected chi connectivity index (χ4v) is 4.61. The molecule has 31 heavy (non-hydrogen) atoms. The molecule has 152 valence electrons. The van der Waals surface area contributed by atoms with E-state index in [1.165, 1.54) is 16.9 Å². The molecule has 0 radical (unpaired) electrons. The molecule has 0 saturated heterocycles. The lowest BCUT2D eigenvalue weighted by atomic mass is 10.0. The Bertz CT molecular complexity index is 1390. The van der Waals surface area contributed by atoms with E-state index < -0.39 is 5.91 Å². The summed E-state index contributed by atoms with van der Waals surface area (Å²) in [5.41, 5.74) is 16.8. The average Bonchev–Trinajstić information content (AvgIpc) is 3.39. The number of rotatable bonds is 5. The van der Waals surface area contributed by atoms with E-state index in [2.05, 4.69) is 17.1 Å². The maximum absolute atomic E-state index is 11.9. The van der Waals surface area contributed by atoms with Gasteiger partial charge in [-0.2, -0.15) is 0 Å². The quantitative estimate of drug-likeness (QED) is 0.431. The van der Waals surface area contributed by atoms with Crippen LogP contribution in [0, 0.1) is 0 Å². The van der Waals surface area contributed by atoms with Gasteiger partial charge in [0.05, 0.1) is 23.4 Å². The van der Waals surface area contributed by atoms with Crippen LogP contribution in [0.5, 0.6) is 0 Å². The zero-order valence-corrected chi connectivity index (χ0v) is 17.3. The normalized spacial score (nSPS) is 11.1. The molecule has 0 aliphatic carbocycles. The molecule has 1 amide bonds. The SMILES string of the molecule is NC(=O)c1sc2nc(-c3ccccc3)cc(-c3cn(Cc4ccccc4)cn3)c2c1N. The number of carbonyl (C=O) groups is 1. The number of nitrogens with zero attached hydrogens (tertiary/aromatic N) is 3. The number of amides is 1. The fraction of sp³-hybridized carbons (Fsp3) is 0.0417. The van der Waals surface area contributed by atoms with Gasteiger partial charge < -0.3 is 16.0 Å². The Morgan fingerprint density at radius 3 is 2.42 bits per heavy atom. The standard InChI is InChI=1S/C24H19N5OS/c25-21-20-17(19-13-29(14-27-19)12-15-7-3-1-4-8-15)11-18(16-9-5-2-6-10-16)28-24(20)31-22(21)23(26)30/h1-11,13-14H,12,25H2,(H2,26,30). The van der Waals surface area contributed by atoms with Crippen LogP contribution in [0.15, 0.2) is 79.3 Å². The molecule has 0 aliphatic rings. The van der Waals surface area contributed by atoms with Crippen molar-refractivity contribution in [1.82, 2.24) is 14.5 Å². The summed E-state index contributed by atoms with van der Waals surface area (Å²) in [4.78, 5) is 22.3. The third-order valence-electron chi connectivity index (χ3n) is 5.11. The first-order chi connectivity index (χ1) is 15.1. The van der Waals surface area contributed by atoms with Crippen molar-refractivity contribution in [3.8, 4) is 22.5 Å². The lowest BCUT2D eigenvalue weighted by molar-refractivity contribution is 0.100. The predicted octanol–water partition coefficient (Wildman–Crippen LogP) is 4.56. The molecule has 4 N–H and O–H groups in total. The maximum Gasteiger partial charge on any atom is 0.260 e. The number of nitrogen functional groups attached to an aromatic ring is 1. The van der Waals surface area contributed by atoms with E-state index in [0.29, 0.717) is 27.3 Å². The molecule has 2 aromatic carbocycles. The zero-order valence-electron chi connectivity index (χ0n) is 16.5. The van der Waals surface area contributed by atoms with Gasteiger partial charge in [-0.05, 0) is 11.6 Å². The Kier molecular flexibility index (Phi) is 4.72. The highest BCUT2D eigenvalue weighted by Crippen LogP contribution is 2.40. The van der Waals surface area contributed by atoms with Gasteiger partial charge in [0.1, 0.15) is 9.71 Å². The molecule has 0 bridgehead atoms. The van der Waals surface area contributed by atoms with Crippen molar-refractivity contribution in [1.29, 1.82) is 0 Å². The Morgan fingerprint density at radius 1 is 1.00 bits per heavy atom. The van der Waals surface area contributed by atoms with Crippen molar-refractivity contribution < 1.29 is 4.79 Å². The molecule has 5 aromatic rings. The minimum absolute atomic E-state index is 0.317. The number of fused-ring (bicyclic) bond motifs is 1. The van der Waals surface area contributed by atoms with Crippen LogP contribution in [-0.4, -0.2) is 20.4 Å². The van der Waals surface area contributed by atoms with E-state index in [1.807, 2.05) is 65.4 Å². The summed E-state index contributed by atoms with van der Waals surface area (Å²) in [6, 6.07) is 22.0. The van der Waals surface area contributed by atoms with Crippen LogP contribution in [0.3, 0.4) is 0 Å². The predicted molar refractivity (Wildman–Crippen MR) is 125 cm³/mol. The Labute approximate surface area is 182 Å². The topological polar surface area (TPSA) is 99.8 Å². The summed E-state index contributed by atoms with van der Waals surface area (Å²) in [7, 11) is 0. The number of anilines is 1. The molecule has 0 atom stereocenters. The van der Waals surface area contributed by atoms with Crippen molar-refractivity contribution in [2.24, 2.45) is 5.73 Å². The van der Waals surface area contributed by atoms with Crippen molar-refractivity contribution in [2.75, 3.05) is 5.73 Å². The monoisotopic (exact) mass is 425 g/mol. The van der Waals surface area contributed by atoms with Gasteiger partial charge in [0.25, 0.3) is 5.91 Å². The smallest absolute Gasteiger partial charge is 0.260 e. The molecule has 0 fully saturated rings. The van der Waals surface area contributed by atoms with E-state index in [1.54, 1.807) is 6.33 Å². The number of benzene rings is 2. The lowest BCUT2D eigenvalue weighted by Crippen LogP contribution is -2.10. The molecular formula is C24H19N5OS. The highest BCUT2D eigenvalue weighted by molar-refractivity contribution is 7.21. The number of aromatic nitrogens is 3. The number of hydrogen-bond acceptors (Lipinski definition) is 5. The first kappa shape index (κ1) is 19.0. The van der Waals surface area contributed by atoms with E-state index in [4.69, 9.17) is 16.5 Å². The Morgan fingerprint density at radius 2 is 1.71 bits per heavy atom. The van der Waals surface area contributed by atoms with Gasteiger partial charge in [0.15, 0.2) is 0 Å². The van der Waals surface area contributed by atoms with Crippen LogP contribution in [0.25, 0.3) is 32.7 Å². The second-order valence-corrected chi connectivity index (χ2v) is 8.23. The third kappa shape index (κ3) is 3.55. The molecule has 0 spiro atoms. The summed E-state index contributed by atoms with van der Waals surface area (Å²) >= 11 is 1.21. The molecular weight excluding hydrogens is 406 g/mol. The minimum atomic E-state index is -0.553. The van der Waals surface area contributed by atoms with Gasteiger partial charge in [-0.15, -0.1) is 11.3 Å². The number of hydrogen-bond donors (Lipinski definition) is 2. The molecule has 7 heteroatoms. The van der Waals surface area contributed by atoms with Crippen LogP contribution in [-0.2, 0) is 6.54 Å². The number of imidazole rings is 1. The molecule has 0 unspecified atom stereocenters. The Hall–Kier alpha value is -3.97.